The van der Waals surface area contributed by atoms with Gasteiger partial charge in [0.25, 0.3) is 0 Å². The first-order valence-electron chi connectivity index (χ1n) is 15.4. The summed E-state index contributed by atoms with van der Waals surface area (Å²) in [5, 5.41) is 12.0. The van der Waals surface area contributed by atoms with Crippen LogP contribution in [0.1, 0.15) is 45.1 Å². The molecule has 232 valence electrons. The zero-order valence-corrected chi connectivity index (χ0v) is 25.0. The van der Waals surface area contributed by atoms with E-state index in [-0.39, 0.29) is 41.2 Å². The van der Waals surface area contributed by atoms with Crippen LogP contribution >= 0.6 is 0 Å². The number of phenols is 1. The number of rotatable bonds is 6. The first-order valence-corrected chi connectivity index (χ1v) is 15.4. The maximum Gasteiger partial charge on any atom is 0.319 e. The maximum atomic E-state index is 16.8. The van der Waals surface area contributed by atoms with Crippen molar-refractivity contribution in [3.05, 3.63) is 47.7 Å². The van der Waals surface area contributed by atoms with E-state index in [2.05, 4.69) is 26.7 Å². The standard InChI is InChI=1S/C33H36F3N5O3/c1-3-23-26(35)6-5-20-13-22(42)14-24(27(20)23)29-28(36)30-25(16-37-29)31(41-10-12-43-11-7-19(41)2)39-32(38-30)44-18-33-8-4-9-40(33)17-21(34)15-33/h5-6,13-14,16,19,21,42H,3-4,7-12,15,17-18H2,1-2H3/t19-,21+,33?/m0/s1. The van der Waals surface area contributed by atoms with Gasteiger partial charge >= 0.3 is 6.01 Å². The summed E-state index contributed by atoms with van der Waals surface area (Å²) >= 11 is 0. The van der Waals surface area contributed by atoms with Gasteiger partial charge in [-0.3, -0.25) is 9.88 Å². The molecule has 0 spiro atoms. The SMILES string of the molecule is CCc1c(F)ccc2cc(O)cc(-c3ncc4c(N5CCOCC[C@@H]5C)nc(OCC56CCCN5C[C@H](F)C6)nc4c3F)c12. The number of fused-ring (bicyclic) bond motifs is 3. The van der Waals surface area contributed by atoms with Crippen LogP contribution in [-0.4, -0.2) is 82.2 Å². The van der Waals surface area contributed by atoms with Gasteiger partial charge in [-0.05, 0) is 73.7 Å². The predicted molar refractivity (Wildman–Crippen MR) is 162 cm³/mol. The molecule has 3 aliphatic rings. The predicted octanol–water partition coefficient (Wildman–Crippen LogP) is 5.96. The van der Waals surface area contributed by atoms with Crippen LogP contribution < -0.4 is 9.64 Å². The Kier molecular flexibility index (Phi) is 7.48. The van der Waals surface area contributed by atoms with Gasteiger partial charge in [-0.25, -0.2) is 13.2 Å². The van der Waals surface area contributed by atoms with E-state index in [4.69, 9.17) is 14.5 Å². The Morgan fingerprint density at radius 1 is 1.16 bits per heavy atom. The summed E-state index contributed by atoms with van der Waals surface area (Å²) in [6.45, 7) is 6.92. The van der Waals surface area contributed by atoms with Crippen LogP contribution in [-0.2, 0) is 11.2 Å². The van der Waals surface area contributed by atoms with E-state index in [0.29, 0.717) is 66.7 Å². The van der Waals surface area contributed by atoms with Gasteiger partial charge in [0.15, 0.2) is 5.82 Å². The van der Waals surface area contributed by atoms with E-state index >= 15 is 4.39 Å². The maximum absolute atomic E-state index is 16.8. The Bertz CT molecular complexity index is 1740. The molecule has 3 fully saturated rings. The highest BCUT2D eigenvalue weighted by atomic mass is 19.1. The van der Waals surface area contributed by atoms with Crippen molar-refractivity contribution >= 4 is 27.5 Å². The van der Waals surface area contributed by atoms with Gasteiger partial charge in [0.2, 0.25) is 0 Å². The summed E-state index contributed by atoms with van der Waals surface area (Å²) in [5.74, 6) is -0.735. The van der Waals surface area contributed by atoms with Crippen LogP contribution in [0.3, 0.4) is 0 Å². The highest BCUT2D eigenvalue weighted by molar-refractivity contribution is 6.01. The van der Waals surface area contributed by atoms with Crippen molar-refractivity contribution in [3.8, 4) is 23.0 Å². The average molecular weight is 608 g/mol. The van der Waals surface area contributed by atoms with Gasteiger partial charge in [0, 0.05) is 43.9 Å². The first-order chi connectivity index (χ1) is 21.3. The summed E-state index contributed by atoms with van der Waals surface area (Å²) in [7, 11) is 0. The third-order valence-electron chi connectivity index (χ3n) is 9.60. The lowest BCUT2D eigenvalue weighted by Crippen LogP contribution is -2.43. The molecule has 0 saturated carbocycles. The second-order valence-electron chi connectivity index (χ2n) is 12.3. The average Bonchev–Trinajstić information content (AvgIpc) is 3.44. The number of pyridine rings is 1. The Balaban J connectivity index is 1.39. The quantitative estimate of drug-likeness (QED) is 0.288. The number of aromatic hydroxyl groups is 1. The molecule has 1 N–H and O–H groups in total. The monoisotopic (exact) mass is 607 g/mol. The van der Waals surface area contributed by atoms with Crippen molar-refractivity contribution in [2.75, 3.05) is 44.4 Å². The number of alkyl halides is 1. The van der Waals surface area contributed by atoms with Crippen LogP contribution in [0.2, 0.25) is 0 Å². The lowest BCUT2D eigenvalue weighted by Gasteiger charge is -2.31. The van der Waals surface area contributed by atoms with E-state index in [0.717, 1.165) is 25.8 Å². The lowest BCUT2D eigenvalue weighted by atomic mass is 9.94. The summed E-state index contributed by atoms with van der Waals surface area (Å²) in [5.41, 5.74) is 0.208. The zero-order chi connectivity index (χ0) is 30.6. The molecule has 7 rings (SSSR count). The fourth-order valence-electron chi connectivity index (χ4n) is 7.38. The second-order valence-corrected chi connectivity index (χ2v) is 12.3. The van der Waals surface area contributed by atoms with Crippen LogP contribution in [0, 0.1) is 11.6 Å². The van der Waals surface area contributed by atoms with Gasteiger partial charge in [0.1, 0.15) is 41.4 Å². The largest absolute Gasteiger partial charge is 0.508 e. The molecule has 3 atom stereocenters. The summed E-state index contributed by atoms with van der Waals surface area (Å²) in [6, 6.07) is 5.91. The number of hydrogen-bond acceptors (Lipinski definition) is 8. The van der Waals surface area contributed by atoms with E-state index < -0.39 is 23.3 Å². The van der Waals surface area contributed by atoms with Crippen molar-refractivity contribution in [2.45, 2.75) is 63.7 Å². The number of aryl methyl sites for hydroxylation is 1. The molecule has 0 aliphatic carbocycles. The number of anilines is 1. The molecule has 1 unspecified atom stereocenters. The Morgan fingerprint density at radius 3 is 2.86 bits per heavy atom. The normalized spacial score (nSPS) is 24.2. The Labute approximate surface area is 253 Å². The third-order valence-corrected chi connectivity index (χ3v) is 9.60. The van der Waals surface area contributed by atoms with Crippen molar-refractivity contribution < 1.29 is 27.8 Å². The first kappa shape index (κ1) is 29.0. The van der Waals surface area contributed by atoms with Gasteiger partial charge in [-0.1, -0.05) is 13.0 Å². The highest BCUT2D eigenvalue weighted by Gasteiger charge is 2.49. The molecule has 44 heavy (non-hydrogen) atoms. The third kappa shape index (κ3) is 4.90. The number of nitrogens with zero attached hydrogens (tertiary/aromatic N) is 5. The summed E-state index contributed by atoms with van der Waals surface area (Å²) < 4.78 is 58.1. The lowest BCUT2D eigenvalue weighted by molar-refractivity contribution is 0.107. The number of ether oxygens (including phenoxy) is 2. The van der Waals surface area contributed by atoms with Gasteiger partial charge < -0.3 is 19.5 Å². The molecule has 0 bridgehead atoms. The van der Waals surface area contributed by atoms with Crippen molar-refractivity contribution in [1.82, 2.24) is 19.9 Å². The molecule has 11 heteroatoms. The molecule has 4 aromatic rings. The molecule has 5 heterocycles. The van der Waals surface area contributed by atoms with E-state index in [1.165, 1.54) is 24.4 Å². The molecule has 0 radical (unpaired) electrons. The van der Waals surface area contributed by atoms with Crippen molar-refractivity contribution in [3.63, 3.8) is 0 Å². The van der Waals surface area contributed by atoms with Crippen LogP contribution in [0.15, 0.2) is 30.5 Å². The summed E-state index contributed by atoms with van der Waals surface area (Å²) in [6.07, 6.45) is 3.92. The van der Waals surface area contributed by atoms with E-state index in [1.54, 1.807) is 6.07 Å². The Hall–Kier alpha value is -3.70. The van der Waals surface area contributed by atoms with E-state index in [1.807, 2.05) is 6.92 Å². The van der Waals surface area contributed by atoms with Crippen LogP contribution in [0.25, 0.3) is 32.9 Å². The number of benzene rings is 2. The fourth-order valence-corrected chi connectivity index (χ4v) is 7.38. The smallest absolute Gasteiger partial charge is 0.319 e. The number of halogens is 3. The second kappa shape index (κ2) is 11.3. The minimum absolute atomic E-state index is 0.00510. The molecule has 3 saturated heterocycles. The van der Waals surface area contributed by atoms with Crippen molar-refractivity contribution in [1.29, 1.82) is 0 Å². The number of hydrogen-bond donors (Lipinski definition) is 1. The fraction of sp³-hybridized carbons (Fsp3) is 0.485. The van der Waals surface area contributed by atoms with Crippen molar-refractivity contribution in [2.24, 2.45) is 0 Å². The molecule has 0 amide bonds. The topological polar surface area (TPSA) is 83.8 Å². The zero-order valence-electron chi connectivity index (χ0n) is 25.0. The molecule has 3 aliphatic heterocycles. The minimum Gasteiger partial charge on any atom is -0.508 e. The number of aromatic nitrogens is 3. The van der Waals surface area contributed by atoms with E-state index in [9.17, 15) is 13.9 Å². The highest BCUT2D eigenvalue weighted by Crippen LogP contribution is 2.42. The van der Waals surface area contributed by atoms with Gasteiger partial charge in [0.05, 0.1) is 17.5 Å². The Morgan fingerprint density at radius 2 is 2.02 bits per heavy atom. The molecular formula is C33H36F3N5O3. The minimum atomic E-state index is -0.911. The molecule has 2 aromatic carbocycles. The van der Waals surface area contributed by atoms with Crippen LogP contribution in [0.4, 0.5) is 19.0 Å². The summed E-state index contributed by atoms with van der Waals surface area (Å²) in [4.78, 5) is 18.1. The van der Waals surface area contributed by atoms with Crippen LogP contribution in [0.5, 0.6) is 11.8 Å². The van der Waals surface area contributed by atoms with Gasteiger partial charge in [-0.15, -0.1) is 0 Å². The van der Waals surface area contributed by atoms with Gasteiger partial charge in [-0.2, -0.15) is 9.97 Å². The molecule has 8 nitrogen and oxygen atoms in total. The molecule has 2 aromatic heterocycles. The molecular weight excluding hydrogens is 571 g/mol. The number of phenolic OH excluding ortho intramolecular Hbond substituents is 1.